The number of carbonyl (C=O) groups excluding carboxylic acids is 1. The predicted molar refractivity (Wildman–Crippen MR) is 63.2 cm³/mol. The first kappa shape index (κ1) is 19.9. The van der Waals surface area contributed by atoms with Crippen molar-refractivity contribution in [3.8, 4) is 0 Å². The van der Waals surface area contributed by atoms with E-state index in [4.69, 9.17) is 0 Å². The van der Waals surface area contributed by atoms with Gasteiger partial charge in [-0.3, -0.25) is 4.79 Å². The minimum Gasteiger partial charge on any atom is -0.291 e. The summed E-state index contributed by atoms with van der Waals surface area (Å²) < 4.78 is 86.3. The molecule has 0 rings (SSSR count). The number of hydrogen-bond donors (Lipinski definition) is 0. The maximum Gasteiger partial charge on any atom is 0.460 e. The lowest BCUT2D eigenvalue weighted by Gasteiger charge is -2.17. The maximum absolute atomic E-state index is 13.0. The van der Waals surface area contributed by atoms with Crippen LogP contribution >= 0.6 is 0 Å². The molecular formula is C13H17F7O. The van der Waals surface area contributed by atoms with Crippen LogP contribution < -0.4 is 0 Å². The Morgan fingerprint density at radius 2 is 1.33 bits per heavy atom. The number of rotatable bonds is 9. The number of carbonyl (C=O) groups is 1. The van der Waals surface area contributed by atoms with Gasteiger partial charge in [0.1, 0.15) is 0 Å². The molecule has 0 spiro atoms. The van der Waals surface area contributed by atoms with Crippen molar-refractivity contribution in [2.75, 3.05) is 0 Å². The quantitative estimate of drug-likeness (QED) is 0.304. The molecule has 0 aromatic carbocycles. The zero-order chi connectivity index (χ0) is 16.7. The lowest BCUT2D eigenvalue weighted by Crippen LogP contribution is -2.38. The molecule has 124 valence electrons. The number of halogens is 7. The van der Waals surface area contributed by atoms with Crippen LogP contribution in [0.5, 0.6) is 0 Å². The zero-order valence-corrected chi connectivity index (χ0v) is 11.5. The third-order valence-corrected chi connectivity index (χ3v) is 2.83. The van der Waals surface area contributed by atoms with Gasteiger partial charge in [0, 0.05) is 6.42 Å². The van der Waals surface area contributed by atoms with Crippen LogP contribution in [0.15, 0.2) is 11.7 Å². The molecule has 0 aromatic heterocycles. The van der Waals surface area contributed by atoms with Gasteiger partial charge >= 0.3 is 12.1 Å². The average Bonchev–Trinajstić information content (AvgIpc) is 2.39. The fraction of sp³-hybridized carbons (Fsp3) is 0.769. The highest BCUT2D eigenvalue weighted by Crippen LogP contribution is 2.43. The molecule has 8 heteroatoms. The Labute approximate surface area is 118 Å². The zero-order valence-electron chi connectivity index (χ0n) is 11.5. The molecule has 0 unspecified atom stereocenters. The molecule has 0 N–H and O–H groups in total. The first-order valence-electron chi connectivity index (χ1n) is 6.59. The summed E-state index contributed by atoms with van der Waals surface area (Å²) in [4.78, 5) is 11.1. The summed E-state index contributed by atoms with van der Waals surface area (Å²) in [5.41, 5.74) is 0. The van der Waals surface area contributed by atoms with Crippen molar-refractivity contribution in [2.24, 2.45) is 0 Å². The number of Topliss-reactive ketones (excluding diaryl/α,β-unsaturated/α-hetero) is 1. The van der Waals surface area contributed by atoms with Crippen molar-refractivity contribution in [3.63, 3.8) is 0 Å². The van der Waals surface area contributed by atoms with E-state index in [1.54, 1.807) is 0 Å². The van der Waals surface area contributed by atoms with Gasteiger partial charge in [-0.15, -0.1) is 0 Å². The highest BCUT2D eigenvalue weighted by molar-refractivity contribution is 5.93. The van der Waals surface area contributed by atoms with E-state index in [0.29, 0.717) is 6.42 Å². The number of alkyl halides is 5. The van der Waals surface area contributed by atoms with E-state index in [2.05, 4.69) is 0 Å². The predicted octanol–water partition coefficient (Wildman–Crippen LogP) is 5.65. The van der Waals surface area contributed by atoms with Crippen LogP contribution in [0.2, 0.25) is 0 Å². The molecule has 0 fully saturated rings. The molecular weight excluding hydrogens is 305 g/mol. The van der Waals surface area contributed by atoms with E-state index in [1.165, 1.54) is 0 Å². The molecule has 1 nitrogen and oxygen atoms in total. The van der Waals surface area contributed by atoms with Crippen LogP contribution in [0.3, 0.4) is 0 Å². The van der Waals surface area contributed by atoms with Crippen molar-refractivity contribution in [2.45, 2.75) is 64.0 Å². The minimum atomic E-state index is -6.28. The SMILES string of the molecule is CCCCCCCCC(=O)/C(F)=C(\F)C(F)(F)C(F)(F)F. The first-order valence-corrected chi connectivity index (χ1v) is 6.59. The molecule has 0 aliphatic heterocycles. The number of hydrogen-bond acceptors (Lipinski definition) is 1. The van der Waals surface area contributed by atoms with E-state index in [9.17, 15) is 35.5 Å². The number of ketones is 1. The van der Waals surface area contributed by atoms with Crippen LogP contribution in [-0.4, -0.2) is 17.9 Å². The van der Waals surface area contributed by atoms with Crippen LogP contribution in [-0.2, 0) is 4.79 Å². The van der Waals surface area contributed by atoms with Gasteiger partial charge < -0.3 is 0 Å². The Balaban J connectivity index is 4.52. The van der Waals surface area contributed by atoms with Crippen LogP contribution in [0.25, 0.3) is 0 Å². The maximum atomic E-state index is 13.0. The Kier molecular flexibility index (Phi) is 7.95. The highest BCUT2D eigenvalue weighted by atomic mass is 19.4. The number of allylic oxidation sites excluding steroid dienone is 2. The van der Waals surface area contributed by atoms with E-state index in [0.717, 1.165) is 25.7 Å². The Morgan fingerprint density at radius 3 is 1.81 bits per heavy atom. The molecule has 0 aromatic rings. The van der Waals surface area contributed by atoms with Gasteiger partial charge in [-0.05, 0) is 6.42 Å². The van der Waals surface area contributed by atoms with Crippen molar-refractivity contribution in [3.05, 3.63) is 11.7 Å². The van der Waals surface area contributed by atoms with Crippen molar-refractivity contribution in [1.29, 1.82) is 0 Å². The first-order chi connectivity index (χ1) is 9.55. The topological polar surface area (TPSA) is 17.1 Å². The smallest absolute Gasteiger partial charge is 0.291 e. The van der Waals surface area contributed by atoms with Gasteiger partial charge in [-0.1, -0.05) is 39.0 Å². The highest BCUT2D eigenvalue weighted by Gasteiger charge is 2.62. The van der Waals surface area contributed by atoms with Crippen molar-refractivity contribution < 1.29 is 35.5 Å². The Morgan fingerprint density at radius 1 is 0.857 bits per heavy atom. The van der Waals surface area contributed by atoms with Crippen molar-refractivity contribution in [1.82, 2.24) is 0 Å². The fourth-order valence-electron chi connectivity index (χ4n) is 1.56. The summed E-state index contributed by atoms with van der Waals surface area (Å²) in [5.74, 6) is -13.7. The lowest BCUT2D eigenvalue weighted by atomic mass is 10.1. The van der Waals surface area contributed by atoms with Gasteiger partial charge in [0.05, 0.1) is 0 Å². The fourth-order valence-corrected chi connectivity index (χ4v) is 1.56. The largest absolute Gasteiger partial charge is 0.460 e. The van der Waals surface area contributed by atoms with E-state index >= 15 is 0 Å². The minimum absolute atomic E-state index is 0.112. The van der Waals surface area contributed by atoms with Crippen LogP contribution in [0.1, 0.15) is 51.9 Å². The molecule has 0 aliphatic carbocycles. The molecule has 0 radical (unpaired) electrons. The van der Waals surface area contributed by atoms with Crippen LogP contribution in [0, 0.1) is 0 Å². The molecule has 0 bridgehead atoms. The molecule has 0 aliphatic rings. The molecule has 0 amide bonds. The third-order valence-electron chi connectivity index (χ3n) is 2.83. The Hall–Kier alpha value is -1.08. The molecule has 0 atom stereocenters. The van der Waals surface area contributed by atoms with Crippen LogP contribution in [0.4, 0.5) is 30.7 Å². The second-order valence-electron chi connectivity index (χ2n) is 4.64. The summed E-state index contributed by atoms with van der Waals surface area (Å²) in [6.07, 6.45) is -2.72. The standard InChI is InChI=1S/C13H17F7O/c1-2-3-4-5-6-7-8-9(21)10(14)11(15)12(16,17)13(18,19)20/h2-8H2,1H3/b11-10+. The normalized spacial score (nSPS) is 14.1. The van der Waals surface area contributed by atoms with Gasteiger partial charge in [-0.2, -0.15) is 26.3 Å². The lowest BCUT2D eigenvalue weighted by molar-refractivity contribution is -0.271. The van der Waals surface area contributed by atoms with E-state index in [-0.39, 0.29) is 6.42 Å². The summed E-state index contributed by atoms with van der Waals surface area (Å²) in [6.45, 7) is 1.98. The molecule has 0 saturated carbocycles. The third kappa shape index (κ3) is 6.05. The second-order valence-corrected chi connectivity index (χ2v) is 4.64. The molecule has 0 heterocycles. The molecule has 0 saturated heterocycles. The summed E-state index contributed by atoms with van der Waals surface area (Å²) >= 11 is 0. The number of unbranched alkanes of at least 4 members (excludes halogenated alkanes) is 5. The summed E-state index contributed by atoms with van der Waals surface area (Å²) in [5, 5.41) is 0. The molecule has 21 heavy (non-hydrogen) atoms. The van der Waals surface area contributed by atoms with Gasteiger partial charge in [0.15, 0.2) is 5.78 Å². The van der Waals surface area contributed by atoms with E-state index in [1.807, 2.05) is 6.92 Å². The monoisotopic (exact) mass is 322 g/mol. The Bertz CT molecular complexity index is 371. The second kappa shape index (κ2) is 8.38. The summed E-state index contributed by atoms with van der Waals surface area (Å²) in [7, 11) is 0. The van der Waals surface area contributed by atoms with E-state index < -0.39 is 36.0 Å². The van der Waals surface area contributed by atoms with Gasteiger partial charge in [0.2, 0.25) is 11.7 Å². The van der Waals surface area contributed by atoms with Gasteiger partial charge in [0.25, 0.3) is 0 Å². The van der Waals surface area contributed by atoms with Gasteiger partial charge in [-0.25, -0.2) is 4.39 Å². The van der Waals surface area contributed by atoms with Crippen molar-refractivity contribution >= 4 is 5.78 Å². The average molecular weight is 322 g/mol. The summed E-state index contributed by atoms with van der Waals surface area (Å²) in [6, 6.07) is 0.